The van der Waals surface area contributed by atoms with Crippen molar-refractivity contribution in [3.63, 3.8) is 0 Å². The number of carbonyl (C=O) groups excluding carboxylic acids is 1. The predicted octanol–water partition coefficient (Wildman–Crippen LogP) is 4.07. The van der Waals surface area contributed by atoms with Crippen LogP contribution in [0.3, 0.4) is 0 Å². The Hall–Kier alpha value is -2.90. The molecule has 0 aliphatic heterocycles. The van der Waals surface area contributed by atoms with E-state index in [9.17, 15) is 9.59 Å². The number of nitrogens with one attached hydrogen (secondary N) is 1. The van der Waals surface area contributed by atoms with Gasteiger partial charge in [-0.1, -0.05) is 60.7 Å². The summed E-state index contributed by atoms with van der Waals surface area (Å²) in [7, 11) is 0. The zero-order valence-corrected chi connectivity index (χ0v) is 18.1. The highest BCUT2D eigenvalue weighted by Crippen LogP contribution is 2.29. The average Bonchev–Trinajstić information content (AvgIpc) is 3.24. The molecule has 5 nitrogen and oxygen atoms in total. The Morgan fingerprint density at radius 3 is 2.37 bits per heavy atom. The summed E-state index contributed by atoms with van der Waals surface area (Å²) < 4.78 is 1.52. The number of amides is 1. The van der Waals surface area contributed by atoms with Gasteiger partial charge in [-0.2, -0.15) is 0 Å². The Labute approximate surface area is 182 Å². The average molecular weight is 436 g/mol. The number of aromatic nitrogens is 2. The molecule has 0 aliphatic rings. The van der Waals surface area contributed by atoms with Crippen LogP contribution in [0.1, 0.15) is 23.7 Å². The first-order valence-corrected chi connectivity index (χ1v) is 11.6. The van der Waals surface area contributed by atoms with Crippen molar-refractivity contribution in [3.8, 4) is 0 Å². The van der Waals surface area contributed by atoms with Crippen molar-refractivity contribution in [2.75, 3.05) is 5.75 Å². The van der Waals surface area contributed by atoms with E-state index in [0.717, 1.165) is 11.1 Å². The molecule has 2 aromatic heterocycles. The number of rotatable bonds is 7. The van der Waals surface area contributed by atoms with Crippen molar-refractivity contribution in [1.29, 1.82) is 0 Å². The van der Waals surface area contributed by atoms with Gasteiger partial charge in [0, 0.05) is 23.4 Å². The van der Waals surface area contributed by atoms with E-state index in [1.165, 1.54) is 33.6 Å². The molecule has 0 aliphatic carbocycles. The molecule has 1 N–H and O–H groups in total. The van der Waals surface area contributed by atoms with E-state index >= 15 is 0 Å². The molecule has 7 heteroatoms. The van der Waals surface area contributed by atoms with Gasteiger partial charge in [0.05, 0.1) is 17.0 Å². The van der Waals surface area contributed by atoms with Gasteiger partial charge in [-0.05, 0) is 18.1 Å². The highest BCUT2D eigenvalue weighted by molar-refractivity contribution is 7.99. The second-order valence-electron chi connectivity index (χ2n) is 7.04. The van der Waals surface area contributed by atoms with Crippen LogP contribution in [0.5, 0.6) is 0 Å². The SMILES string of the molecule is CC(NC(=O)CSCc1cc(=O)n2ccsc2n1)(c1ccccc1)c1ccccc1. The molecule has 0 spiro atoms. The summed E-state index contributed by atoms with van der Waals surface area (Å²) in [5, 5.41) is 5.04. The minimum atomic E-state index is -0.632. The Morgan fingerprint density at radius 1 is 1.10 bits per heavy atom. The summed E-state index contributed by atoms with van der Waals surface area (Å²) >= 11 is 2.87. The molecule has 0 atom stereocenters. The molecule has 0 unspecified atom stereocenters. The zero-order valence-electron chi connectivity index (χ0n) is 16.4. The third kappa shape index (κ3) is 4.32. The number of carbonyl (C=O) groups is 1. The van der Waals surface area contributed by atoms with Crippen LogP contribution in [0.2, 0.25) is 0 Å². The minimum Gasteiger partial charge on any atom is -0.342 e. The molecule has 2 aromatic carbocycles. The van der Waals surface area contributed by atoms with Crippen molar-refractivity contribution >= 4 is 34.0 Å². The number of thioether (sulfide) groups is 1. The Bertz CT molecular complexity index is 1160. The number of benzene rings is 2. The summed E-state index contributed by atoms with van der Waals surface area (Å²) in [6.07, 6.45) is 1.72. The molecule has 2 heterocycles. The molecule has 0 bridgehead atoms. The maximum Gasteiger partial charge on any atom is 0.258 e. The largest absolute Gasteiger partial charge is 0.342 e. The van der Waals surface area contributed by atoms with E-state index in [1.807, 2.05) is 73.0 Å². The van der Waals surface area contributed by atoms with Crippen LogP contribution < -0.4 is 10.9 Å². The highest BCUT2D eigenvalue weighted by Gasteiger charge is 2.30. The molecule has 0 fully saturated rings. The maximum absolute atomic E-state index is 12.8. The van der Waals surface area contributed by atoms with Crippen LogP contribution >= 0.6 is 23.1 Å². The normalized spacial score (nSPS) is 11.5. The van der Waals surface area contributed by atoms with Crippen molar-refractivity contribution in [2.45, 2.75) is 18.2 Å². The fourth-order valence-corrected chi connectivity index (χ4v) is 4.83. The number of thiazole rings is 1. The predicted molar refractivity (Wildman–Crippen MR) is 123 cm³/mol. The molecule has 4 aromatic rings. The van der Waals surface area contributed by atoms with E-state index in [4.69, 9.17) is 0 Å². The first kappa shape index (κ1) is 20.4. The fourth-order valence-electron chi connectivity index (χ4n) is 3.38. The van der Waals surface area contributed by atoms with Gasteiger partial charge in [-0.15, -0.1) is 23.1 Å². The second-order valence-corrected chi connectivity index (χ2v) is 8.90. The zero-order chi connectivity index (χ0) is 21.0. The molecule has 0 saturated heterocycles. The van der Waals surface area contributed by atoms with Crippen LogP contribution in [0.25, 0.3) is 4.96 Å². The Balaban J connectivity index is 1.46. The maximum atomic E-state index is 12.8. The summed E-state index contributed by atoms with van der Waals surface area (Å²) in [4.78, 5) is 30.1. The van der Waals surface area contributed by atoms with E-state index < -0.39 is 5.54 Å². The lowest BCUT2D eigenvalue weighted by Crippen LogP contribution is -2.45. The van der Waals surface area contributed by atoms with Crippen molar-refractivity contribution < 1.29 is 4.79 Å². The van der Waals surface area contributed by atoms with E-state index in [0.29, 0.717) is 16.4 Å². The number of hydrogen-bond donors (Lipinski definition) is 1. The topological polar surface area (TPSA) is 63.5 Å². The number of hydrogen-bond acceptors (Lipinski definition) is 5. The van der Waals surface area contributed by atoms with Gasteiger partial charge < -0.3 is 5.32 Å². The molecular formula is C23H21N3O2S2. The molecule has 0 saturated carbocycles. The van der Waals surface area contributed by atoms with Crippen LogP contribution in [-0.4, -0.2) is 21.0 Å². The van der Waals surface area contributed by atoms with Gasteiger partial charge in [0.15, 0.2) is 4.96 Å². The quantitative estimate of drug-likeness (QED) is 0.475. The first-order valence-electron chi connectivity index (χ1n) is 9.52. The highest BCUT2D eigenvalue weighted by atomic mass is 32.2. The molecule has 30 heavy (non-hydrogen) atoms. The standard InChI is InChI=1S/C23H21N3O2S2/c1-23(17-8-4-2-5-9-17,18-10-6-3-7-11-18)25-20(27)16-29-15-19-14-21(28)26-12-13-30-22(26)24-19/h2-14H,15-16H2,1H3,(H,25,27). The number of nitrogens with zero attached hydrogens (tertiary/aromatic N) is 2. The minimum absolute atomic E-state index is 0.0656. The summed E-state index contributed by atoms with van der Waals surface area (Å²) in [5.41, 5.74) is 2.00. The Kier molecular flexibility index (Phi) is 6.01. The summed E-state index contributed by atoms with van der Waals surface area (Å²) in [6.45, 7) is 2.02. The van der Waals surface area contributed by atoms with Gasteiger partial charge >= 0.3 is 0 Å². The van der Waals surface area contributed by atoms with Crippen LogP contribution in [-0.2, 0) is 16.1 Å². The molecule has 4 rings (SSSR count). The smallest absolute Gasteiger partial charge is 0.258 e. The van der Waals surface area contributed by atoms with Crippen molar-refractivity contribution in [1.82, 2.24) is 14.7 Å². The lowest BCUT2D eigenvalue weighted by molar-refractivity contribution is -0.120. The van der Waals surface area contributed by atoms with Crippen molar-refractivity contribution in [3.05, 3.63) is 105 Å². The second kappa shape index (κ2) is 8.85. The van der Waals surface area contributed by atoms with Gasteiger partial charge in [0.1, 0.15) is 0 Å². The summed E-state index contributed by atoms with van der Waals surface area (Å²) in [5.74, 6) is 0.717. The lowest BCUT2D eigenvalue weighted by Gasteiger charge is -2.32. The van der Waals surface area contributed by atoms with Crippen LogP contribution in [0, 0.1) is 0 Å². The monoisotopic (exact) mass is 435 g/mol. The lowest BCUT2D eigenvalue weighted by atomic mass is 9.84. The third-order valence-corrected chi connectivity index (χ3v) is 6.65. The van der Waals surface area contributed by atoms with Gasteiger partial charge in [0.25, 0.3) is 5.56 Å². The Morgan fingerprint density at radius 2 is 1.73 bits per heavy atom. The van der Waals surface area contributed by atoms with Crippen LogP contribution in [0.15, 0.2) is 83.1 Å². The van der Waals surface area contributed by atoms with Crippen molar-refractivity contribution in [2.24, 2.45) is 0 Å². The molecule has 0 radical (unpaired) electrons. The van der Waals surface area contributed by atoms with E-state index in [2.05, 4.69) is 10.3 Å². The molecule has 1 amide bonds. The van der Waals surface area contributed by atoms with Gasteiger partial charge in [-0.25, -0.2) is 4.98 Å². The number of fused-ring (bicyclic) bond motifs is 1. The van der Waals surface area contributed by atoms with E-state index in [-0.39, 0.29) is 17.2 Å². The van der Waals surface area contributed by atoms with E-state index in [1.54, 1.807) is 6.20 Å². The fraction of sp³-hybridized carbons (Fsp3) is 0.174. The molecular weight excluding hydrogens is 414 g/mol. The molecule has 152 valence electrons. The third-order valence-electron chi connectivity index (χ3n) is 4.93. The summed E-state index contributed by atoms with van der Waals surface area (Å²) in [6, 6.07) is 21.4. The van der Waals surface area contributed by atoms with Crippen LogP contribution in [0.4, 0.5) is 0 Å². The van der Waals surface area contributed by atoms with Gasteiger partial charge in [-0.3, -0.25) is 14.0 Å². The first-order chi connectivity index (χ1) is 14.6. The van der Waals surface area contributed by atoms with Gasteiger partial charge in [0.2, 0.25) is 5.91 Å².